The number of aliphatic hydroxyl groups excluding tert-OH is 1. The molecule has 1 fully saturated rings. The molecule has 1 unspecified atom stereocenters. The molecule has 1 heterocycles. The van der Waals surface area contributed by atoms with Crippen LogP contribution in [0, 0.1) is 0 Å². The molecular formula is C15H20BrNO2S. The second-order valence-corrected chi connectivity index (χ2v) is 6.96. The lowest BCUT2D eigenvalue weighted by Crippen LogP contribution is -2.36. The fourth-order valence-corrected chi connectivity index (χ4v) is 3.60. The minimum atomic E-state index is 0.214. The molecule has 20 heavy (non-hydrogen) atoms. The molecule has 1 saturated heterocycles. The average Bonchev–Trinajstić information content (AvgIpc) is 2.92. The van der Waals surface area contributed by atoms with E-state index in [1.54, 1.807) is 11.8 Å². The maximum atomic E-state index is 12.3. The Morgan fingerprint density at radius 2 is 2.15 bits per heavy atom. The first-order valence-corrected chi connectivity index (χ1v) is 8.77. The van der Waals surface area contributed by atoms with Crippen molar-refractivity contribution in [2.75, 3.05) is 18.9 Å². The summed E-state index contributed by atoms with van der Waals surface area (Å²) < 4.78 is 1.05. The van der Waals surface area contributed by atoms with Gasteiger partial charge in [0.05, 0.1) is 5.75 Å². The minimum absolute atomic E-state index is 0.214. The monoisotopic (exact) mass is 357 g/mol. The third kappa shape index (κ3) is 4.50. The Kier molecular flexibility index (Phi) is 6.39. The van der Waals surface area contributed by atoms with Gasteiger partial charge >= 0.3 is 0 Å². The first kappa shape index (κ1) is 15.9. The maximum Gasteiger partial charge on any atom is 0.233 e. The summed E-state index contributed by atoms with van der Waals surface area (Å²) in [5.41, 5.74) is 0. The van der Waals surface area contributed by atoms with Crippen LogP contribution in [0.4, 0.5) is 0 Å². The number of aliphatic hydroxyl groups is 1. The second kappa shape index (κ2) is 8.05. The van der Waals surface area contributed by atoms with Crippen LogP contribution in [-0.4, -0.2) is 40.9 Å². The summed E-state index contributed by atoms with van der Waals surface area (Å²) in [5.74, 6) is 0.718. The summed E-state index contributed by atoms with van der Waals surface area (Å²) in [4.78, 5) is 15.4. The van der Waals surface area contributed by atoms with Gasteiger partial charge < -0.3 is 10.0 Å². The molecule has 0 radical (unpaired) electrons. The zero-order valence-electron chi connectivity index (χ0n) is 11.4. The van der Waals surface area contributed by atoms with Gasteiger partial charge in [-0.25, -0.2) is 0 Å². The van der Waals surface area contributed by atoms with E-state index in [0.29, 0.717) is 11.8 Å². The normalized spacial score (nSPS) is 18.5. The molecule has 0 saturated carbocycles. The number of carbonyl (C=O) groups excluding carboxylic acids is 1. The lowest BCUT2D eigenvalue weighted by Gasteiger charge is -2.24. The van der Waals surface area contributed by atoms with Crippen molar-refractivity contribution in [2.24, 2.45) is 0 Å². The van der Waals surface area contributed by atoms with E-state index in [1.165, 1.54) is 0 Å². The molecular weight excluding hydrogens is 338 g/mol. The predicted molar refractivity (Wildman–Crippen MR) is 85.9 cm³/mol. The van der Waals surface area contributed by atoms with Gasteiger partial charge in [-0.15, -0.1) is 11.8 Å². The SMILES string of the molecule is O=C(CSc1ccc(Br)cc1)N1CCCC1CCCO. The molecule has 1 amide bonds. The number of likely N-dealkylation sites (tertiary alicyclic amines) is 1. The van der Waals surface area contributed by atoms with Crippen LogP contribution < -0.4 is 0 Å². The summed E-state index contributed by atoms with van der Waals surface area (Å²) in [6, 6.07) is 8.37. The maximum absolute atomic E-state index is 12.3. The van der Waals surface area contributed by atoms with E-state index in [4.69, 9.17) is 5.11 Å². The van der Waals surface area contributed by atoms with Crippen molar-refractivity contribution in [3.63, 3.8) is 0 Å². The topological polar surface area (TPSA) is 40.5 Å². The summed E-state index contributed by atoms with van der Waals surface area (Å²) in [6.07, 6.45) is 3.87. The van der Waals surface area contributed by atoms with E-state index in [1.807, 2.05) is 29.2 Å². The highest BCUT2D eigenvalue weighted by Gasteiger charge is 2.27. The van der Waals surface area contributed by atoms with Crippen LogP contribution in [0.15, 0.2) is 33.6 Å². The Hall–Kier alpha value is -0.520. The molecule has 1 aromatic rings. The Labute approximate surface area is 132 Å². The third-order valence-corrected chi connectivity index (χ3v) is 5.09. The number of halogens is 1. The van der Waals surface area contributed by atoms with Crippen LogP contribution in [0.3, 0.4) is 0 Å². The van der Waals surface area contributed by atoms with Crippen molar-refractivity contribution in [1.82, 2.24) is 4.90 Å². The zero-order valence-corrected chi connectivity index (χ0v) is 13.8. The highest BCUT2D eigenvalue weighted by molar-refractivity contribution is 9.10. The fourth-order valence-electron chi connectivity index (χ4n) is 2.55. The van der Waals surface area contributed by atoms with E-state index in [0.717, 1.165) is 41.6 Å². The molecule has 3 nitrogen and oxygen atoms in total. The van der Waals surface area contributed by atoms with Gasteiger partial charge in [-0.1, -0.05) is 15.9 Å². The average molecular weight is 358 g/mol. The Morgan fingerprint density at radius 1 is 1.40 bits per heavy atom. The third-order valence-electron chi connectivity index (χ3n) is 3.57. The second-order valence-electron chi connectivity index (χ2n) is 4.99. The number of hydrogen-bond donors (Lipinski definition) is 1. The molecule has 1 aromatic carbocycles. The minimum Gasteiger partial charge on any atom is -0.396 e. The Balaban J connectivity index is 1.83. The number of hydrogen-bond acceptors (Lipinski definition) is 3. The number of nitrogens with zero attached hydrogens (tertiary/aromatic N) is 1. The molecule has 1 atom stereocenters. The number of benzene rings is 1. The number of rotatable bonds is 6. The fraction of sp³-hybridized carbons (Fsp3) is 0.533. The van der Waals surface area contributed by atoms with Gasteiger partial charge in [0.15, 0.2) is 0 Å². The smallest absolute Gasteiger partial charge is 0.233 e. The Morgan fingerprint density at radius 3 is 2.85 bits per heavy atom. The highest BCUT2D eigenvalue weighted by Crippen LogP contribution is 2.25. The van der Waals surface area contributed by atoms with Crippen LogP contribution in [0.1, 0.15) is 25.7 Å². The van der Waals surface area contributed by atoms with E-state index >= 15 is 0 Å². The summed E-state index contributed by atoms with van der Waals surface area (Å²) in [5, 5.41) is 8.91. The van der Waals surface area contributed by atoms with Crippen LogP contribution in [0.25, 0.3) is 0 Å². The van der Waals surface area contributed by atoms with Crippen molar-refractivity contribution in [2.45, 2.75) is 36.6 Å². The van der Waals surface area contributed by atoms with Gasteiger partial charge in [0.1, 0.15) is 0 Å². The van der Waals surface area contributed by atoms with Gasteiger partial charge in [0.2, 0.25) is 5.91 Å². The van der Waals surface area contributed by atoms with Gasteiger partial charge in [-0.3, -0.25) is 4.79 Å². The van der Waals surface area contributed by atoms with E-state index < -0.39 is 0 Å². The molecule has 1 aliphatic rings. The van der Waals surface area contributed by atoms with Crippen molar-refractivity contribution in [3.8, 4) is 0 Å². The molecule has 1 N–H and O–H groups in total. The van der Waals surface area contributed by atoms with Gasteiger partial charge in [-0.2, -0.15) is 0 Å². The quantitative estimate of drug-likeness (QED) is 0.794. The van der Waals surface area contributed by atoms with E-state index in [9.17, 15) is 4.79 Å². The van der Waals surface area contributed by atoms with Crippen LogP contribution in [0.5, 0.6) is 0 Å². The summed E-state index contributed by atoms with van der Waals surface area (Å²) in [7, 11) is 0. The first-order valence-electron chi connectivity index (χ1n) is 6.99. The number of thioether (sulfide) groups is 1. The first-order chi connectivity index (χ1) is 9.70. The van der Waals surface area contributed by atoms with E-state index in [-0.39, 0.29) is 12.5 Å². The van der Waals surface area contributed by atoms with Crippen LogP contribution in [0.2, 0.25) is 0 Å². The number of amides is 1. The van der Waals surface area contributed by atoms with Gasteiger partial charge in [0.25, 0.3) is 0 Å². The van der Waals surface area contributed by atoms with Crippen LogP contribution >= 0.6 is 27.7 Å². The largest absolute Gasteiger partial charge is 0.396 e. The molecule has 1 aliphatic heterocycles. The van der Waals surface area contributed by atoms with Gasteiger partial charge in [0, 0.05) is 28.6 Å². The molecule has 110 valence electrons. The predicted octanol–water partition coefficient (Wildman–Crippen LogP) is 3.30. The van der Waals surface area contributed by atoms with Crippen molar-refractivity contribution in [3.05, 3.63) is 28.7 Å². The summed E-state index contributed by atoms with van der Waals surface area (Å²) >= 11 is 4.99. The molecule has 2 rings (SSSR count). The van der Waals surface area contributed by atoms with Crippen molar-refractivity contribution >= 4 is 33.6 Å². The molecule has 5 heteroatoms. The molecule has 0 aliphatic carbocycles. The van der Waals surface area contributed by atoms with Crippen molar-refractivity contribution in [1.29, 1.82) is 0 Å². The van der Waals surface area contributed by atoms with Gasteiger partial charge in [-0.05, 0) is 49.9 Å². The summed E-state index contributed by atoms with van der Waals surface area (Å²) in [6.45, 7) is 1.09. The molecule has 0 aromatic heterocycles. The zero-order chi connectivity index (χ0) is 14.4. The van der Waals surface area contributed by atoms with E-state index in [2.05, 4.69) is 15.9 Å². The molecule has 0 spiro atoms. The highest BCUT2D eigenvalue weighted by atomic mass is 79.9. The standard InChI is InChI=1S/C15H20BrNO2S/c16-12-5-7-14(8-6-12)20-11-15(19)17-9-1-3-13(17)4-2-10-18/h5-8,13,18H,1-4,9-11H2. The lowest BCUT2D eigenvalue weighted by molar-refractivity contribution is -0.129. The molecule has 0 bridgehead atoms. The number of carbonyl (C=O) groups is 1. The Bertz CT molecular complexity index is 438. The van der Waals surface area contributed by atoms with Crippen molar-refractivity contribution < 1.29 is 9.90 Å². The van der Waals surface area contributed by atoms with Crippen LogP contribution in [-0.2, 0) is 4.79 Å². The lowest BCUT2D eigenvalue weighted by atomic mass is 10.1.